The van der Waals surface area contributed by atoms with Gasteiger partial charge in [0.25, 0.3) is 11.8 Å². The first-order valence-corrected chi connectivity index (χ1v) is 17.3. The van der Waals surface area contributed by atoms with Crippen LogP contribution in [0.25, 0.3) is 17.2 Å². The smallest absolute Gasteiger partial charge is 0.272 e. The Morgan fingerprint density at radius 1 is 0.843 bits per heavy atom. The molecule has 0 aliphatic carbocycles. The van der Waals surface area contributed by atoms with Crippen LogP contribution in [-0.2, 0) is 9.59 Å². The van der Waals surface area contributed by atoms with Crippen LogP contribution in [0.2, 0.25) is 0 Å². The minimum Gasteiger partial charge on any atom is -0.493 e. The van der Waals surface area contributed by atoms with E-state index in [0.717, 1.165) is 16.0 Å². The molecular weight excluding hydrogens is 685 g/mol. The molecule has 0 bridgehead atoms. The highest BCUT2D eigenvalue weighted by Gasteiger charge is 2.21. The van der Waals surface area contributed by atoms with Crippen LogP contribution in [0.3, 0.4) is 0 Å². The predicted octanol–water partition coefficient (Wildman–Crippen LogP) is 7.84. The van der Waals surface area contributed by atoms with Gasteiger partial charge < -0.3 is 30.2 Å². The lowest BCUT2D eigenvalue weighted by Gasteiger charge is -2.15. The zero-order chi connectivity index (χ0) is 36.3. The molecule has 51 heavy (non-hydrogen) atoms. The highest BCUT2D eigenvalue weighted by Crippen LogP contribution is 2.39. The molecule has 1 aromatic heterocycles. The molecule has 0 radical (unpaired) electrons. The number of nitrogens with one attached hydrogen (secondary N) is 3. The molecule has 1 unspecified atom stereocenters. The van der Waals surface area contributed by atoms with Gasteiger partial charge in [-0.05, 0) is 66.6 Å². The molecule has 10 nitrogen and oxygen atoms in total. The second kappa shape index (κ2) is 17.1. The maximum absolute atomic E-state index is 13.7. The summed E-state index contributed by atoms with van der Waals surface area (Å²) in [4.78, 5) is 40.9. The number of ether oxygens (including phenoxy) is 3. The summed E-state index contributed by atoms with van der Waals surface area (Å²) < 4.78 is 16.4. The second-order valence-electron chi connectivity index (χ2n) is 10.9. The van der Waals surface area contributed by atoms with Crippen molar-refractivity contribution in [3.8, 4) is 34.4 Å². The number of nitriles is 1. The van der Waals surface area contributed by atoms with Gasteiger partial charge in [-0.2, -0.15) is 5.26 Å². The van der Waals surface area contributed by atoms with Crippen LogP contribution >= 0.6 is 23.1 Å². The van der Waals surface area contributed by atoms with Gasteiger partial charge in [0.2, 0.25) is 11.7 Å². The van der Waals surface area contributed by atoms with E-state index in [2.05, 4.69) is 22.0 Å². The van der Waals surface area contributed by atoms with E-state index < -0.39 is 17.1 Å². The van der Waals surface area contributed by atoms with E-state index in [4.69, 9.17) is 14.2 Å². The minimum absolute atomic E-state index is 0.0388. The molecule has 0 saturated heterocycles. The summed E-state index contributed by atoms with van der Waals surface area (Å²) in [7, 11) is 4.46. The van der Waals surface area contributed by atoms with Gasteiger partial charge in [-0.3, -0.25) is 14.4 Å². The Bertz CT molecular complexity index is 2080. The van der Waals surface area contributed by atoms with Gasteiger partial charge in [0.15, 0.2) is 11.5 Å². The molecule has 4 aromatic carbocycles. The van der Waals surface area contributed by atoms with Crippen molar-refractivity contribution in [3.05, 3.63) is 125 Å². The van der Waals surface area contributed by atoms with Crippen molar-refractivity contribution < 1.29 is 28.6 Å². The number of anilines is 2. The molecule has 0 aliphatic rings. The molecule has 0 saturated carbocycles. The molecule has 12 heteroatoms. The highest BCUT2D eigenvalue weighted by atomic mass is 32.2. The van der Waals surface area contributed by atoms with Gasteiger partial charge in [0, 0.05) is 27.1 Å². The lowest BCUT2D eigenvalue weighted by atomic mass is 10.1. The van der Waals surface area contributed by atoms with Gasteiger partial charge in [-0.15, -0.1) is 23.1 Å². The van der Waals surface area contributed by atoms with Crippen molar-refractivity contribution in [2.24, 2.45) is 0 Å². The first-order chi connectivity index (χ1) is 24.7. The normalized spacial score (nSPS) is 11.5. The summed E-state index contributed by atoms with van der Waals surface area (Å²) in [5.74, 6) is -0.204. The zero-order valence-corrected chi connectivity index (χ0v) is 29.8. The summed E-state index contributed by atoms with van der Waals surface area (Å²) in [6, 6.07) is 30.6. The van der Waals surface area contributed by atoms with Gasteiger partial charge >= 0.3 is 0 Å². The summed E-state index contributed by atoms with van der Waals surface area (Å²) in [5, 5.41) is 20.2. The SMILES string of the molecule is COc1cc(/C=C(/NC(=O)c2ccccc2)C(=O)Nc2cccc(SC(C)C(=O)Nc3scc(-c4ccccc4)c3C#N)c2)cc(OC)c1OC. The van der Waals surface area contributed by atoms with Crippen molar-refractivity contribution in [1.82, 2.24) is 5.32 Å². The number of hydrogen-bond donors (Lipinski definition) is 3. The van der Waals surface area contributed by atoms with Crippen LogP contribution in [0.4, 0.5) is 10.7 Å². The van der Waals surface area contributed by atoms with Crippen molar-refractivity contribution in [3.63, 3.8) is 0 Å². The van der Waals surface area contributed by atoms with Gasteiger partial charge in [-0.1, -0.05) is 54.6 Å². The Hall–Kier alpha value is -6.03. The first-order valence-electron chi connectivity index (χ1n) is 15.6. The average Bonchev–Trinajstić information content (AvgIpc) is 3.57. The van der Waals surface area contributed by atoms with Crippen molar-refractivity contribution in [1.29, 1.82) is 5.26 Å². The topological polar surface area (TPSA) is 139 Å². The monoisotopic (exact) mass is 718 g/mol. The van der Waals surface area contributed by atoms with Crippen molar-refractivity contribution in [2.75, 3.05) is 32.0 Å². The van der Waals surface area contributed by atoms with Gasteiger partial charge in [0.05, 0.1) is 32.1 Å². The molecule has 258 valence electrons. The van der Waals surface area contributed by atoms with Crippen LogP contribution in [0.15, 0.2) is 113 Å². The number of hydrogen-bond acceptors (Lipinski definition) is 9. The average molecular weight is 719 g/mol. The second-order valence-corrected chi connectivity index (χ2v) is 13.2. The van der Waals surface area contributed by atoms with Crippen LogP contribution in [0.5, 0.6) is 17.2 Å². The first kappa shape index (κ1) is 36.3. The third-order valence-electron chi connectivity index (χ3n) is 7.53. The Morgan fingerprint density at radius 3 is 2.14 bits per heavy atom. The molecular formula is C39H34N4O6S2. The van der Waals surface area contributed by atoms with E-state index in [1.807, 2.05) is 41.8 Å². The highest BCUT2D eigenvalue weighted by molar-refractivity contribution is 8.00. The number of thioether (sulfide) groups is 1. The molecule has 3 N–H and O–H groups in total. The summed E-state index contributed by atoms with van der Waals surface area (Å²) in [6.07, 6.45) is 1.51. The summed E-state index contributed by atoms with van der Waals surface area (Å²) >= 11 is 2.60. The number of nitrogens with zero attached hydrogens (tertiary/aromatic N) is 1. The van der Waals surface area contributed by atoms with E-state index in [-0.39, 0.29) is 11.6 Å². The van der Waals surface area contributed by atoms with Crippen molar-refractivity contribution in [2.45, 2.75) is 17.1 Å². The third kappa shape index (κ3) is 8.96. The summed E-state index contributed by atoms with van der Waals surface area (Å²) in [5.41, 5.74) is 3.36. The standard InChI is InChI=1S/C39H34N4O6S2/c1-24(36(44)43-39-30(22-40)31(23-50-39)26-12-7-5-8-13-26)51-29-17-11-16-28(21-29)41-38(46)32(42-37(45)27-14-9-6-10-15-27)18-25-19-33(47-2)35(49-4)34(20-25)48-3/h5-21,23-24H,1-4H3,(H,41,46)(H,42,45)(H,43,44)/b32-18+. The number of thiophene rings is 1. The van der Waals surface area contributed by atoms with E-state index in [1.165, 1.54) is 50.5 Å². The maximum Gasteiger partial charge on any atom is 0.272 e. The molecule has 3 amide bonds. The zero-order valence-electron chi connectivity index (χ0n) is 28.2. The number of carbonyl (C=O) groups is 3. The number of carbonyl (C=O) groups excluding carboxylic acids is 3. The van der Waals surface area contributed by atoms with E-state index >= 15 is 0 Å². The minimum atomic E-state index is -0.586. The van der Waals surface area contributed by atoms with E-state index in [9.17, 15) is 19.6 Å². The Kier molecular flexibility index (Phi) is 12.1. The van der Waals surface area contributed by atoms with Crippen LogP contribution in [0.1, 0.15) is 28.4 Å². The van der Waals surface area contributed by atoms with Gasteiger partial charge in [0.1, 0.15) is 16.8 Å². The molecule has 0 fully saturated rings. The fourth-order valence-electron chi connectivity index (χ4n) is 5.00. The molecule has 0 aliphatic heterocycles. The Labute approximate surface area is 304 Å². The Morgan fingerprint density at radius 2 is 1.51 bits per heavy atom. The quantitative estimate of drug-likeness (QED) is 0.0827. The fraction of sp³-hybridized carbons (Fsp3) is 0.128. The van der Waals surface area contributed by atoms with Gasteiger partial charge in [-0.25, -0.2) is 0 Å². The molecule has 0 spiro atoms. The molecule has 1 heterocycles. The summed E-state index contributed by atoms with van der Waals surface area (Å²) in [6.45, 7) is 1.76. The van der Waals surface area contributed by atoms with Crippen LogP contribution in [-0.4, -0.2) is 44.3 Å². The fourth-order valence-corrected chi connectivity index (χ4v) is 6.85. The molecule has 5 rings (SSSR count). The largest absolute Gasteiger partial charge is 0.493 e. The van der Waals surface area contributed by atoms with Crippen molar-refractivity contribution >= 4 is 57.6 Å². The Balaban J connectivity index is 1.34. The molecule has 5 aromatic rings. The number of benzene rings is 4. The maximum atomic E-state index is 13.7. The molecule has 1 atom stereocenters. The van der Waals surface area contributed by atoms with E-state index in [1.54, 1.807) is 67.6 Å². The van der Waals surface area contributed by atoms with E-state index in [0.29, 0.717) is 44.6 Å². The van der Waals surface area contributed by atoms with Crippen LogP contribution < -0.4 is 30.2 Å². The lowest BCUT2D eigenvalue weighted by molar-refractivity contribution is -0.115. The predicted molar refractivity (Wildman–Crippen MR) is 201 cm³/mol. The number of rotatable bonds is 13. The number of methoxy groups -OCH3 is 3. The van der Waals surface area contributed by atoms with Crippen LogP contribution in [0, 0.1) is 11.3 Å². The third-order valence-corrected chi connectivity index (χ3v) is 9.51. The lowest BCUT2D eigenvalue weighted by Crippen LogP contribution is -2.30. The number of amides is 3.